The third kappa shape index (κ3) is 1.26. The van der Waals surface area contributed by atoms with Gasteiger partial charge in [-0.05, 0) is 0 Å². The Balaban J connectivity index is 2.68. The van der Waals surface area contributed by atoms with Crippen molar-refractivity contribution in [2.45, 2.75) is 0 Å². The lowest BCUT2D eigenvalue weighted by atomic mass is 10.3. The first-order chi connectivity index (χ1) is 6.74. The number of methoxy groups -OCH3 is 2. The van der Waals surface area contributed by atoms with E-state index in [4.69, 9.17) is 9.47 Å². The fourth-order valence-corrected chi connectivity index (χ4v) is 1.35. The molecule has 0 bridgehead atoms. The molecule has 0 unspecified atom stereocenters. The molecule has 5 nitrogen and oxygen atoms in total. The smallest absolute Gasteiger partial charge is 0.163 e. The third-order valence-corrected chi connectivity index (χ3v) is 1.99. The zero-order chi connectivity index (χ0) is 10.1. The highest BCUT2D eigenvalue weighted by molar-refractivity contribution is 5.78. The molecular weight excluding hydrogens is 182 g/mol. The van der Waals surface area contributed by atoms with E-state index in [9.17, 15) is 0 Å². The number of nitrogens with zero attached hydrogens (tertiary/aromatic N) is 3. The minimum Gasteiger partial charge on any atom is -0.493 e. The van der Waals surface area contributed by atoms with Crippen LogP contribution < -0.4 is 9.47 Å². The van der Waals surface area contributed by atoms with Gasteiger partial charge in [-0.2, -0.15) is 15.0 Å². The lowest BCUT2D eigenvalue weighted by Gasteiger charge is -2.05. The zero-order valence-corrected chi connectivity index (χ0v) is 8.31. The first-order valence-corrected chi connectivity index (χ1v) is 4.17. The molecule has 0 saturated carbocycles. The number of hydrogen-bond acceptors (Lipinski definition) is 4. The van der Waals surface area contributed by atoms with Gasteiger partial charge in [0.15, 0.2) is 11.5 Å². The summed E-state index contributed by atoms with van der Waals surface area (Å²) in [5.74, 6) is 1.33. The molecule has 2 aromatic rings. The van der Waals surface area contributed by atoms with E-state index in [0.717, 1.165) is 11.0 Å². The maximum absolute atomic E-state index is 5.15. The molecule has 2 rings (SSSR count). The summed E-state index contributed by atoms with van der Waals surface area (Å²) in [6.45, 7) is 0. The van der Waals surface area contributed by atoms with Crippen molar-refractivity contribution in [3.8, 4) is 11.5 Å². The first-order valence-electron chi connectivity index (χ1n) is 4.17. The molecule has 0 amide bonds. The van der Waals surface area contributed by atoms with E-state index in [2.05, 4.69) is 10.2 Å². The van der Waals surface area contributed by atoms with Crippen LogP contribution in [0.5, 0.6) is 11.5 Å². The average Bonchev–Trinajstić information content (AvgIpc) is 2.54. The van der Waals surface area contributed by atoms with Gasteiger partial charge in [0, 0.05) is 19.2 Å². The number of rotatable bonds is 2. The highest BCUT2D eigenvalue weighted by Crippen LogP contribution is 2.30. The molecule has 0 fully saturated rings. The van der Waals surface area contributed by atoms with Gasteiger partial charge in [0.05, 0.1) is 14.2 Å². The molecule has 0 aliphatic rings. The minimum atomic E-state index is 0.667. The SMILES string of the molecule is COc1cc2nn(C)nc2cc1OC. The number of benzene rings is 1. The molecule has 1 aromatic carbocycles. The number of aryl methyl sites for hydroxylation is 1. The fourth-order valence-electron chi connectivity index (χ4n) is 1.35. The van der Waals surface area contributed by atoms with Gasteiger partial charge in [0.25, 0.3) is 0 Å². The molecular formula is C9H11N3O2. The van der Waals surface area contributed by atoms with E-state index in [1.807, 2.05) is 0 Å². The molecule has 1 aromatic heterocycles. The third-order valence-electron chi connectivity index (χ3n) is 1.99. The Hall–Kier alpha value is -1.78. The largest absolute Gasteiger partial charge is 0.493 e. The van der Waals surface area contributed by atoms with Gasteiger partial charge in [0.1, 0.15) is 11.0 Å². The Bertz CT molecular complexity index is 423. The van der Waals surface area contributed by atoms with E-state index >= 15 is 0 Å². The van der Waals surface area contributed by atoms with Crippen molar-refractivity contribution in [2.24, 2.45) is 7.05 Å². The van der Waals surface area contributed by atoms with Crippen molar-refractivity contribution in [2.75, 3.05) is 14.2 Å². The van der Waals surface area contributed by atoms with Crippen LogP contribution >= 0.6 is 0 Å². The van der Waals surface area contributed by atoms with Crippen LogP contribution in [-0.2, 0) is 7.05 Å². The summed E-state index contributed by atoms with van der Waals surface area (Å²) < 4.78 is 10.3. The molecule has 0 N–H and O–H groups in total. The van der Waals surface area contributed by atoms with Crippen LogP contribution in [0.2, 0.25) is 0 Å². The second kappa shape index (κ2) is 3.17. The Morgan fingerprint density at radius 3 is 1.79 bits per heavy atom. The van der Waals surface area contributed by atoms with Gasteiger partial charge in [-0.3, -0.25) is 0 Å². The summed E-state index contributed by atoms with van der Waals surface area (Å²) in [4.78, 5) is 1.52. The summed E-state index contributed by atoms with van der Waals surface area (Å²) >= 11 is 0. The second-order valence-electron chi connectivity index (χ2n) is 2.89. The van der Waals surface area contributed by atoms with Gasteiger partial charge in [-0.25, -0.2) is 0 Å². The number of hydrogen-bond donors (Lipinski definition) is 0. The van der Waals surface area contributed by atoms with Crippen molar-refractivity contribution in [1.29, 1.82) is 0 Å². The Morgan fingerprint density at radius 2 is 1.43 bits per heavy atom. The maximum atomic E-state index is 5.15. The highest BCUT2D eigenvalue weighted by atomic mass is 16.5. The standard InChI is InChI=1S/C9H11N3O2/c1-12-10-6-4-8(13-2)9(14-3)5-7(6)11-12/h4-5H,1-3H3. The van der Waals surface area contributed by atoms with Crippen LogP contribution in [0.1, 0.15) is 0 Å². The maximum Gasteiger partial charge on any atom is 0.163 e. The molecule has 0 spiro atoms. The van der Waals surface area contributed by atoms with Crippen LogP contribution in [0.25, 0.3) is 11.0 Å². The number of ether oxygens (including phenoxy) is 2. The lowest BCUT2D eigenvalue weighted by Crippen LogP contribution is -1.90. The van der Waals surface area contributed by atoms with E-state index in [0.29, 0.717) is 11.5 Å². The summed E-state index contributed by atoms with van der Waals surface area (Å²) in [5.41, 5.74) is 1.59. The summed E-state index contributed by atoms with van der Waals surface area (Å²) in [6.07, 6.45) is 0. The molecule has 0 atom stereocenters. The molecule has 5 heteroatoms. The van der Waals surface area contributed by atoms with E-state index in [-0.39, 0.29) is 0 Å². The molecule has 0 aliphatic heterocycles. The van der Waals surface area contributed by atoms with Crippen molar-refractivity contribution < 1.29 is 9.47 Å². The zero-order valence-electron chi connectivity index (χ0n) is 8.31. The van der Waals surface area contributed by atoms with E-state index in [1.165, 1.54) is 4.80 Å². The van der Waals surface area contributed by atoms with Gasteiger partial charge >= 0.3 is 0 Å². The Labute approximate surface area is 81.2 Å². The van der Waals surface area contributed by atoms with Crippen molar-refractivity contribution in [1.82, 2.24) is 15.0 Å². The average molecular weight is 193 g/mol. The van der Waals surface area contributed by atoms with Crippen LogP contribution in [0.3, 0.4) is 0 Å². The quantitative estimate of drug-likeness (QED) is 0.713. The Morgan fingerprint density at radius 1 is 1.00 bits per heavy atom. The minimum absolute atomic E-state index is 0.667. The molecule has 0 saturated heterocycles. The van der Waals surface area contributed by atoms with Gasteiger partial charge in [0.2, 0.25) is 0 Å². The molecule has 0 aliphatic carbocycles. The van der Waals surface area contributed by atoms with Gasteiger partial charge < -0.3 is 9.47 Å². The van der Waals surface area contributed by atoms with Crippen molar-refractivity contribution in [3.05, 3.63) is 12.1 Å². The molecule has 1 heterocycles. The normalized spacial score (nSPS) is 10.5. The van der Waals surface area contributed by atoms with E-state index < -0.39 is 0 Å². The van der Waals surface area contributed by atoms with Crippen LogP contribution in [0, 0.1) is 0 Å². The van der Waals surface area contributed by atoms with E-state index in [1.54, 1.807) is 33.4 Å². The number of aromatic nitrogens is 3. The fraction of sp³-hybridized carbons (Fsp3) is 0.333. The van der Waals surface area contributed by atoms with Gasteiger partial charge in [-0.15, -0.1) is 0 Å². The summed E-state index contributed by atoms with van der Waals surface area (Å²) in [7, 11) is 4.97. The second-order valence-corrected chi connectivity index (χ2v) is 2.89. The lowest BCUT2D eigenvalue weighted by molar-refractivity contribution is 0.356. The predicted molar refractivity (Wildman–Crippen MR) is 51.6 cm³/mol. The van der Waals surface area contributed by atoms with Crippen molar-refractivity contribution >= 4 is 11.0 Å². The number of fused-ring (bicyclic) bond motifs is 1. The summed E-state index contributed by atoms with van der Waals surface area (Å²) in [6, 6.07) is 3.61. The molecule has 14 heavy (non-hydrogen) atoms. The molecule has 0 radical (unpaired) electrons. The highest BCUT2D eigenvalue weighted by Gasteiger charge is 2.08. The molecule has 74 valence electrons. The first kappa shape index (κ1) is 8.80. The predicted octanol–water partition coefficient (Wildman–Crippen LogP) is 0.985. The monoisotopic (exact) mass is 193 g/mol. The van der Waals surface area contributed by atoms with Crippen molar-refractivity contribution in [3.63, 3.8) is 0 Å². The topological polar surface area (TPSA) is 49.2 Å². The van der Waals surface area contributed by atoms with Crippen LogP contribution in [-0.4, -0.2) is 29.2 Å². The van der Waals surface area contributed by atoms with Crippen LogP contribution in [0.15, 0.2) is 12.1 Å². The Kier molecular flexibility index (Phi) is 1.99. The van der Waals surface area contributed by atoms with Crippen LogP contribution in [0.4, 0.5) is 0 Å². The van der Waals surface area contributed by atoms with Gasteiger partial charge in [-0.1, -0.05) is 0 Å². The summed E-state index contributed by atoms with van der Waals surface area (Å²) in [5, 5.41) is 8.33.